The van der Waals surface area contributed by atoms with Crippen LogP contribution in [0, 0.1) is 40.4 Å². The van der Waals surface area contributed by atoms with E-state index >= 15 is 0 Å². The number of Topliss-reactive ketones (excluding diaryl/α,β-unsaturated/α-hetero) is 2. The Hall–Kier alpha value is -0.700. The molecule has 25 heavy (non-hydrogen) atoms. The van der Waals surface area contributed by atoms with Gasteiger partial charge >= 0.3 is 0 Å². The molecule has 1 aliphatic heterocycles. The highest BCUT2D eigenvalue weighted by molar-refractivity contribution is 5.90. The van der Waals surface area contributed by atoms with Gasteiger partial charge in [-0.25, -0.2) is 0 Å². The lowest BCUT2D eigenvalue weighted by atomic mass is 9.44. The van der Waals surface area contributed by atoms with Crippen molar-refractivity contribution in [1.29, 1.82) is 0 Å². The molecule has 0 N–H and O–H groups in total. The van der Waals surface area contributed by atoms with E-state index in [1.165, 1.54) is 25.7 Å². The number of ketones is 2. The normalized spacial score (nSPS) is 57.6. The van der Waals surface area contributed by atoms with Gasteiger partial charge in [-0.3, -0.25) is 9.59 Å². The molecule has 1 heterocycles. The molecule has 0 radical (unpaired) electrons. The van der Waals surface area contributed by atoms with Crippen LogP contribution in [-0.2, 0) is 14.3 Å². The van der Waals surface area contributed by atoms with E-state index in [4.69, 9.17) is 4.74 Å². The molecule has 0 bridgehead atoms. The summed E-state index contributed by atoms with van der Waals surface area (Å²) in [7, 11) is 0. The second-order valence-electron chi connectivity index (χ2n) is 10.6. The van der Waals surface area contributed by atoms with E-state index < -0.39 is 0 Å². The van der Waals surface area contributed by atoms with Crippen molar-refractivity contribution >= 4 is 11.6 Å². The predicted octanol–water partition coefficient (Wildman–Crippen LogP) is 4.18. The molecule has 0 aromatic carbocycles. The van der Waals surface area contributed by atoms with Crippen LogP contribution in [0.15, 0.2) is 0 Å². The number of hydrogen-bond donors (Lipinski definition) is 0. The monoisotopic (exact) mass is 344 g/mol. The van der Waals surface area contributed by atoms with E-state index in [1.54, 1.807) is 0 Å². The summed E-state index contributed by atoms with van der Waals surface area (Å²) in [4.78, 5) is 25.0. The molecule has 0 aromatic rings. The van der Waals surface area contributed by atoms with Crippen LogP contribution in [-0.4, -0.2) is 23.8 Å². The van der Waals surface area contributed by atoms with Crippen LogP contribution in [0.4, 0.5) is 0 Å². The van der Waals surface area contributed by atoms with E-state index in [0.29, 0.717) is 53.5 Å². The Morgan fingerprint density at radius 2 is 1.64 bits per heavy atom. The number of fused-ring (bicyclic) bond motifs is 5. The molecule has 4 saturated carbocycles. The van der Waals surface area contributed by atoms with Gasteiger partial charge < -0.3 is 4.74 Å². The van der Waals surface area contributed by atoms with Crippen LogP contribution in [0.2, 0.25) is 0 Å². The van der Waals surface area contributed by atoms with Crippen molar-refractivity contribution in [3.05, 3.63) is 0 Å². The fourth-order valence-electron chi connectivity index (χ4n) is 8.15. The molecule has 4 aliphatic carbocycles. The largest absolute Gasteiger partial charge is 0.370 e. The van der Waals surface area contributed by atoms with E-state index in [9.17, 15) is 9.59 Å². The molecule has 3 heteroatoms. The summed E-state index contributed by atoms with van der Waals surface area (Å²) in [5.74, 6) is 3.27. The standard InChI is InChI=1S/C22H32O3/c1-20-8-6-13(23)10-17(20)18(24)11-14-15-4-5-19(22(3)12-25-22)21(15,2)9-7-16(14)20/h14-17,19H,4-12H2,1-3H3/t14-,15-,16-,17+,19-,20+,21-,22-/m0/s1. The summed E-state index contributed by atoms with van der Waals surface area (Å²) in [6.07, 6.45) is 7.97. The molecule has 5 fully saturated rings. The average Bonchev–Trinajstić information content (AvgIpc) is 3.18. The highest BCUT2D eigenvalue weighted by Gasteiger charge is 2.66. The maximum Gasteiger partial charge on any atom is 0.137 e. The highest BCUT2D eigenvalue weighted by atomic mass is 16.6. The maximum absolute atomic E-state index is 13.0. The van der Waals surface area contributed by atoms with Gasteiger partial charge in [0.15, 0.2) is 0 Å². The lowest BCUT2D eigenvalue weighted by molar-refractivity contribution is -0.159. The van der Waals surface area contributed by atoms with Gasteiger partial charge in [-0.15, -0.1) is 0 Å². The summed E-state index contributed by atoms with van der Waals surface area (Å²) in [6, 6.07) is 0. The Kier molecular flexibility index (Phi) is 3.27. The Bertz CT molecular complexity index is 635. The zero-order valence-corrected chi connectivity index (χ0v) is 16.0. The first-order chi connectivity index (χ1) is 11.8. The van der Waals surface area contributed by atoms with Crippen molar-refractivity contribution in [1.82, 2.24) is 0 Å². The Morgan fingerprint density at radius 3 is 2.36 bits per heavy atom. The summed E-state index contributed by atoms with van der Waals surface area (Å²) >= 11 is 0. The third-order valence-electron chi connectivity index (χ3n) is 9.62. The van der Waals surface area contributed by atoms with Crippen molar-refractivity contribution in [3.8, 4) is 0 Å². The molecule has 0 unspecified atom stereocenters. The van der Waals surface area contributed by atoms with Gasteiger partial charge in [0.05, 0.1) is 12.2 Å². The number of carbonyl (C=O) groups excluding carboxylic acids is 2. The minimum Gasteiger partial charge on any atom is -0.370 e. The van der Waals surface area contributed by atoms with Crippen molar-refractivity contribution in [2.45, 2.75) is 77.7 Å². The van der Waals surface area contributed by atoms with Gasteiger partial charge in [0.25, 0.3) is 0 Å². The average molecular weight is 344 g/mol. The molecule has 5 rings (SSSR count). The Morgan fingerprint density at radius 1 is 0.920 bits per heavy atom. The van der Waals surface area contributed by atoms with Crippen LogP contribution in [0.5, 0.6) is 0 Å². The lowest BCUT2D eigenvalue weighted by Crippen LogP contribution is -2.57. The summed E-state index contributed by atoms with van der Waals surface area (Å²) in [6.45, 7) is 8.07. The van der Waals surface area contributed by atoms with E-state index in [0.717, 1.165) is 19.4 Å². The SMILES string of the molecule is C[C@]12CCC(=O)C[C@@H]1C(=O)C[C@@H]1[C@@H]2CC[C@@]2(C)[C@H]1CC[C@@H]2[C@]1(C)CO1. The van der Waals surface area contributed by atoms with Crippen LogP contribution >= 0.6 is 0 Å². The molecule has 0 amide bonds. The second-order valence-corrected chi connectivity index (χ2v) is 10.6. The highest BCUT2D eigenvalue weighted by Crippen LogP contribution is 2.69. The molecule has 8 atom stereocenters. The van der Waals surface area contributed by atoms with E-state index in [2.05, 4.69) is 20.8 Å². The quantitative estimate of drug-likeness (QED) is 0.670. The number of hydrogen-bond acceptors (Lipinski definition) is 3. The van der Waals surface area contributed by atoms with Gasteiger partial charge in [-0.1, -0.05) is 13.8 Å². The van der Waals surface area contributed by atoms with Gasteiger partial charge in [0.1, 0.15) is 11.6 Å². The van der Waals surface area contributed by atoms with Gasteiger partial charge in [-0.05, 0) is 73.5 Å². The minimum absolute atomic E-state index is 0.0147. The number of ether oxygens (including phenoxy) is 1. The van der Waals surface area contributed by atoms with Crippen LogP contribution in [0.25, 0.3) is 0 Å². The van der Waals surface area contributed by atoms with Crippen LogP contribution < -0.4 is 0 Å². The van der Waals surface area contributed by atoms with E-state index in [1.807, 2.05) is 0 Å². The first kappa shape index (κ1) is 16.5. The molecule has 5 aliphatic rings. The number of carbonyl (C=O) groups is 2. The second kappa shape index (κ2) is 4.97. The lowest BCUT2D eigenvalue weighted by Gasteiger charge is -2.59. The van der Waals surface area contributed by atoms with Crippen molar-refractivity contribution in [2.24, 2.45) is 40.4 Å². The zero-order chi connectivity index (χ0) is 17.6. The fraction of sp³-hybridized carbons (Fsp3) is 0.909. The molecule has 0 aromatic heterocycles. The van der Waals surface area contributed by atoms with Gasteiger partial charge in [0.2, 0.25) is 0 Å². The van der Waals surface area contributed by atoms with Gasteiger partial charge in [0, 0.05) is 25.2 Å². The van der Waals surface area contributed by atoms with E-state index in [-0.39, 0.29) is 16.9 Å². The van der Waals surface area contributed by atoms with Crippen LogP contribution in [0.3, 0.4) is 0 Å². The summed E-state index contributed by atoms with van der Waals surface area (Å²) in [5.41, 5.74) is 0.534. The summed E-state index contributed by atoms with van der Waals surface area (Å²) in [5, 5.41) is 0. The molecule has 0 spiro atoms. The van der Waals surface area contributed by atoms with Gasteiger partial charge in [-0.2, -0.15) is 0 Å². The first-order valence-electron chi connectivity index (χ1n) is 10.5. The molecular formula is C22H32O3. The van der Waals surface area contributed by atoms with Crippen molar-refractivity contribution in [3.63, 3.8) is 0 Å². The molecule has 1 saturated heterocycles. The third-order valence-corrected chi connectivity index (χ3v) is 9.62. The fourth-order valence-corrected chi connectivity index (χ4v) is 8.15. The zero-order valence-electron chi connectivity index (χ0n) is 16.0. The van der Waals surface area contributed by atoms with Crippen molar-refractivity contribution < 1.29 is 14.3 Å². The minimum atomic E-state index is 0.0147. The summed E-state index contributed by atoms with van der Waals surface area (Å²) < 4.78 is 5.86. The Balaban J connectivity index is 1.48. The smallest absolute Gasteiger partial charge is 0.137 e. The Labute approximate surface area is 151 Å². The number of rotatable bonds is 1. The topological polar surface area (TPSA) is 46.7 Å². The van der Waals surface area contributed by atoms with Crippen molar-refractivity contribution in [2.75, 3.05) is 6.61 Å². The predicted molar refractivity (Wildman–Crippen MR) is 95.0 cm³/mol. The molecular weight excluding hydrogens is 312 g/mol. The third kappa shape index (κ3) is 2.08. The number of epoxide rings is 1. The van der Waals surface area contributed by atoms with Crippen LogP contribution in [0.1, 0.15) is 72.1 Å². The first-order valence-corrected chi connectivity index (χ1v) is 10.5. The maximum atomic E-state index is 13.0. The molecule has 138 valence electrons. The molecule has 3 nitrogen and oxygen atoms in total.